The average molecular weight is 395 g/mol. The maximum atomic E-state index is 13.5. The molecule has 0 bridgehead atoms. The molecule has 19 heavy (non-hydrogen) atoms. The minimum Gasteiger partial charge on any atom is -0.371 e. The molecule has 0 radical (unpaired) electrons. The van der Waals surface area contributed by atoms with Gasteiger partial charge < -0.3 is 9.64 Å². The van der Waals surface area contributed by atoms with Gasteiger partial charge in [-0.25, -0.2) is 4.39 Å². The number of morpholine rings is 1. The first-order valence-corrected chi connectivity index (χ1v) is 7.89. The third-order valence-corrected chi connectivity index (χ3v) is 4.50. The quantitative estimate of drug-likeness (QED) is 0.721. The molecule has 3 nitrogen and oxygen atoms in total. The van der Waals surface area contributed by atoms with Gasteiger partial charge >= 0.3 is 0 Å². The highest BCUT2D eigenvalue weighted by Gasteiger charge is 2.29. The zero-order chi connectivity index (χ0) is 14.0. The van der Waals surface area contributed by atoms with Crippen molar-refractivity contribution in [3.05, 3.63) is 34.1 Å². The molecular weight excluding hydrogens is 381 g/mol. The molecule has 0 N–H and O–H groups in total. The highest BCUT2D eigenvalue weighted by molar-refractivity contribution is 9.10. The van der Waals surface area contributed by atoms with Crippen molar-refractivity contribution in [3.63, 3.8) is 0 Å². The van der Waals surface area contributed by atoms with Crippen LogP contribution in [0, 0.1) is 5.82 Å². The number of ether oxygens (including phenoxy) is 1. The Labute approximate surface area is 128 Å². The standard InChI is InChI=1S/C13H14Br2FNO2/c1-8-6-17(7-9(5-14)19-8)13(18)10-3-2-4-11(16)12(10)15/h2-4,8-9H,5-7H2,1H3. The SMILES string of the molecule is CC1CN(C(=O)c2cccc(F)c2Br)CC(CBr)O1. The number of nitrogens with zero attached hydrogens (tertiary/aromatic N) is 1. The minimum atomic E-state index is -0.427. The molecule has 1 aromatic carbocycles. The summed E-state index contributed by atoms with van der Waals surface area (Å²) in [5, 5.41) is 0.672. The fourth-order valence-corrected chi connectivity index (χ4v) is 2.93. The van der Waals surface area contributed by atoms with Gasteiger partial charge in [0, 0.05) is 18.4 Å². The second kappa shape index (κ2) is 6.33. The number of halogens is 3. The van der Waals surface area contributed by atoms with E-state index in [9.17, 15) is 9.18 Å². The molecule has 0 spiro atoms. The number of alkyl halides is 1. The molecule has 104 valence electrons. The van der Waals surface area contributed by atoms with E-state index in [1.54, 1.807) is 17.0 Å². The Bertz CT molecular complexity index is 484. The third kappa shape index (κ3) is 3.35. The summed E-state index contributed by atoms with van der Waals surface area (Å²) < 4.78 is 19.4. The summed E-state index contributed by atoms with van der Waals surface area (Å²) in [6.45, 7) is 2.96. The fraction of sp³-hybridized carbons (Fsp3) is 0.462. The molecule has 1 amide bonds. The van der Waals surface area contributed by atoms with E-state index >= 15 is 0 Å². The molecule has 1 aliphatic heterocycles. The molecule has 0 saturated carbocycles. The van der Waals surface area contributed by atoms with Crippen LogP contribution in [0.1, 0.15) is 17.3 Å². The summed E-state index contributed by atoms with van der Waals surface area (Å²) in [6.07, 6.45) is -0.0485. The summed E-state index contributed by atoms with van der Waals surface area (Å²) in [6, 6.07) is 4.49. The Hall–Kier alpha value is -0.460. The topological polar surface area (TPSA) is 29.5 Å². The molecule has 0 aromatic heterocycles. The predicted molar refractivity (Wildman–Crippen MR) is 78.1 cm³/mol. The Morgan fingerprint density at radius 3 is 2.95 bits per heavy atom. The Morgan fingerprint density at radius 2 is 2.26 bits per heavy atom. The Balaban J connectivity index is 2.21. The van der Waals surface area contributed by atoms with Crippen molar-refractivity contribution in [2.45, 2.75) is 19.1 Å². The van der Waals surface area contributed by atoms with Crippen LogP contribution in [0.2, 0.25) is 0 Å². The van der Waals surface area contributed by atoms with Crippen LogP contribution < -0.4 is 0 Å². The molecular formula is C13H14Br2FNO2. The van der Waals surface area contributed by atoms with E-state index < -0.39 is 5.82 Å². The van der Waals surface area contributed by atoms with Gasteiger partial charge in [0.2, 0.25) is 0 Å². The van der Waals surface area contributed by atoms with Gasteiger partial charge in [0.25, 0.3) is 5.91 Å². The van der Waals surface area contributed by atoms with Crippen LogP contribution in [-0.2, 0) is 4.74 Å². The second-order valence-corrected chi connectivity index (χ2v) is 5.98. The van der Waals surface area contributed by atoms with Crippen LogP contribution in [0.3, 0.4) is 0 Å². The van der Waals surface area contributed by atoms with Crippen LogP contribution in [-0.4, -0.2) is 41.4 Å². The Kier molecular flexibility index (Phi) is 4.97. The maximum absolute atomic E-state index is 13.5. The van der Waals surface area contributed by atoms with E-state index in [0.29, 0.717) is 24.0 Å². The fourth-order valence-electron chi connectivity index (χ4n) is 2.14. The summed E-state index contributed by atoms with van der Waals surface area (Å²) in [5.74, 6) is -0.600. The predicted octanol–water partition coefficient (Wildman–Crippen LogP) is 3.21. The Morgan fingerprint density at radius 1 is 1.53 bits per heavy atom. The van der Waals surface area contributed by atoms with Crippen molar-refractivity contribution >= 4 is 37.8 Å². The van der Waals surface area contributed by atoms with Gasteiger partial charge in [0.1, 0.15) is 5.82 Å². The molecule has 6 heteroatoms. The van der Waals surface area contributed by atoms with Crippen molar-refractivity contribution in [2.24, 2.45) is 0 Å². The van der Waals surface area contributed by atoms with E-state index in [-0.39, 0.29) is 22.6 Å². The first-order chi connectivity index (χ1) is 9.02. The van der Waals surface area contributed by atoms with Gasteiger partial charge in [0.15, 0.2) is 0 Å². The summed E-state index contributed by atoms with van der Waals surface area (Å²) in [5.41, 5.74) is 0.349. The number of rotatable bonds is 2. The zero-order valence-corrected chi connectivity index (χ0v) is 13.6. The number of amides is 1. The van der Waals surface area contributed by atoms with Crippen molar-refractivity contribution in [1.29, 1.82) is 0 Å². The van der Waals surface area contributed by atoms with Crippen LogP contribution in [0.4, 0.5) is 4.39 Å². The zero-order valence-electron chi connectivity index (χ0n) is 10.4. The maximum Gasteiger partial charge on any atom is 0.255 e. The molecule has 1 saturated heterocycles. The van der Waals surface area contributed by atoms with Crippen LogP contribution in [0.25, 0.3) is 0 Å². The van der Waals surface area contributed by atoms with Gasteiger partial charge in [-0.2, -0.15) is 0 Å². The monoisotopic (exact) mass is 393 g/mol. The molecule has 1 aromatic rings. The average Bonchev–Trinajstić information content (AvgIpc) is 2.40. The van der Waals surface area contributed by atoms with Gasteiger partial charge in [0.05, 0.1) is 22.2 Å². The van der Waals surface area contributed by atoms with Crippen LogP contribution in [0.15, 0.2) is 22.7 Å². The first-order valence-electron chi connectivity index (χ1n) is 5.97. The number of carbonyl (C=O) groups is 1. The van der Waals surface area contributed by atoms with E-state index in [2.05, 4.69) is 31.9 Å². The minimum absolute atomic E-state index is 0.0208. The molecule has 1 aliphatic rings. The molecule has 0 aliphatic carbocycles. The number of hydrogen-bond acceptors (Lipinski definition) is 2. The summed E-state index contributed by atoms with van der Waals surface area (Å²) in [7, 11) is 0. The number of carbonyl (C=O) groups excluding carboxylic acids is 1. The highest BCUT2D eigenvalue weighted by atomic mass is 79.9. The largest absolute Gasteiger partial charge is 0.371 e. The van der Waals surface area contributed by atoms with Crippen LogP contribution >= 0.6 is 31.9 Å². The van der Waals surface area contributed by atoms with E-state index in [1.165, 1.54) is 6.07 Å². The number of hydrogen-bond donors (Lipinski definition) is 0. The van der Waals surface area contributed by atoms with E-state index in [4.69, 9.17) is 4.74 Å². The normalized spacial score (nSPS) is 23.5. The lowest BCUT2D eigenvalue weighted by molar-refractivity contribution is -0.0560. The van der Waals surface area contributed by atoms with Crippen molar-refractivity contribution in [3.8, 4) is 0 Å². The lowest BCUT2D eigenvalue weighted by Gasteiger charge is -2.36. The van der Waals surface area contributed by atoms with E-state index in [1.807, 2.05) is 6.92 Å². The lowest BCUT2D eigenvalue weighted by atomic mass is 10.1. The van der Waals surface area contributed by atoms with Crippen molar-refractivity contribution < 1.29 is 13.9 Å². The van der Waals surface area contributed by atoms with Gasteiger partial charge in [-0.15, -0.1) is 0 Å². The number of benzene rings is 1. The third-order valence-electron chi connectivity index (χ3n) is 2.97. The molecule has 1 heterocycles. The molecule has 2 unspecified atom stereocenters. The summed E-state index contributed by atoms with van der Waals surface area (Å²) in [4.78, 5) is 14.1. The highest BCUT2D eigenvalue weighted by Crippen LogP contribution is 2.23. The lowest BCUT2D eigenvalue weighted by Crippen LogP contribution is -2.49. The van der Waals surface area contributed by atoms with Gasteiger partial charge in [-0.1, -0.05) is 22.0 Å². The van der Waals surface area contributed by atoms with Gasteiger partial charge in [-0.05, 0) is 35.0 Å². The van der Waals surface area contributed by atoms with E-state index in [0.717, 1.165) is 0 Å². The second-order valence-electron chi connectivity index (χ2n) is 4.53. The smallest absolute Gasteiger partial charge is 0.255 e. The molecule has 2 rings (SSSR count). The molecule has 1 fully saturated rings. The van der Waals surface area contributed by atoms with Crippen molar-refractivity contribution in [2.75, 3.05) is 18.4 Å². The first kappa shape index (κ1) is 14.9. The van der Waals surface area contributed by atoms with Crippen molar-refractivity contribution in [1.82, 2.24) is 4.90 Å². The summed E-state index contributed by atoms with van der Waals surface area (Å²) >= 11 is 6.50. The van der Waals surface area contributed by atoms with Gasteiger partial charge in [-0.3, -0.25) is 4.79 Å². The van der Waals surface area contributed by atoms with Crippen LogP contribution in [0.5, 0.6) is 0 Å². The molecule has 2 atom stereocenters.